The maximum atomic E-state index is 5.41. The van der Waals surface area contributed by atoms with Crippen LogP contribution >= 0.6 is 0 Å². The van der Waals surface area contributed by atoms with E-state index in [-0.39, 0.29) is 0 Å². The highest BCUT2D eigenvalue weighted by Gasteiger charge is 2.00. The second-order valence-corrected chi connectivity index (χ2v) is 3.67. The van der Waals surface area contributed by atoms with Crippen molar-refractivity contribution in [3.8, 4) is 0 Å². The van der Waals surface area contributed by atoms with Crippen molar-refractivity contribution in [2.75, 3.05) is 53.0 Å². The van der Waals surface area contributed by atoms with Crippen LogP contribution in [0.1, 0.15) is 19.8 Å². The largest absolute Gasteiger partial charge is 0.383 e. The summed E-state index contributed by atoms with van der Waals surface area (Å²) in [6.07, 6.45) is 2.27. The van der Waals surface area contributed by atoms with Gasteiger partial charge in [0.05, 0.1) is 6.61 Å². The Hall–Kier alpha value is -0.160. The minimum atomic E-state index is 0.780. The van der Waals surface area contributed by atoms with Crippen LogP contribution in [0.5, 0.6) is 0 Å². The van der Waals surface area contributed by atoms with Crippen LogP contribution in [-0.4, -0.2) is 57.9 Å². The van der Waals surface area contributed by atoms with Crippen molar-refractivity contribution in [1.82, 2.24) is 10.2 Å². The number of methoxy groups -OCH3 is 1. The third-order valence-corrected chi connectivity index (χ3v) is 2.44. The zero-order valence-electron chi connectivity index (χ0n) is 10.3. The summed E-state index contributed by atoms with van der Waals surface area (Å²) < 4.78 is 5.06. The summed E-state index contributed by atoms with van der Waals surface area (Å²) in [5, 5.41) is 3.38. The number of hydrogen-bond acceptors (Lipinski definition) is 4. The summed E-state index contributed by atoms with van der Waals surface area (Å²) in [6, 6.07) is 0. The number of nitrogens with two attached hydrogens (primary N) is 1. The third kappa shape index (κ3) is 10.1. The van der Waals surface area contributed by atoms with Gasteiger partial charge >= 0.3 is 0 Å². The Balaban J connectivity index is 3.22. The van der Waals surface area contributed by atoms with E-state index in [0.717, 1.165) is 52.3 Å². The van der Waals surface area contributed by atoms with Crippen LogP contribution in [0.25, 0.3) is 0 Å². The zero-order valence-corrected chi connectivity index (χ0v) is 10.3. The Morgan fingerprint density at radius 3 is 2.53 bits per heavy atom. The molecule has 0 spiro atoms. The number of rotatable bonds is 11. The highest BCUT2D eigenvalue weighted by molar-refractivity contribution is 4.57. The highest BCUT2D eigenvalue weighted by atomic mass is 16.5. The first-order valence-electron chi connectivity index (χ1n) is 5.97. The van der Waals surface area contributed by atoms with Gasteiger partial charge in [-0.25, -0.2) is 0 Å². The maximum Gasteiger partial charge on any atom is 0.0589 e. The van der Waals surface area contributed by atoms with E-state index < -0.39 is 0 Å². The molecule has 15 heavy (non-hydrogen) atoms. The lowest BCUT2D eigenvalue weighted by Gasteiger charge is -2.19. The van der Waals surface area contributed by atoms with E-state index in [1.54, 1.807) is 7.11 Å². The summed E-state index contributed by atoms with van der Waals surface area (Å²) >= 11 is 0. The number of nitrogens with zero attached hydrogens (tertiary/aromatic N) is 1. The molecule has 0 unspecified atom stereocenters. The van der Waals surface area contributed by atoms with Crippen molar-refractivity contribution in [2.24, 2.45) is 5.73 Å². The molecule has 0 rings (SSSR count). The molecule has 0 aromatic heterocycles. The fraction of sp³-hybridized carbons (Fsp3) is 1.00. The van der Waals surface area contributed by atoms with Crippen LogP contribution in [0, 0.1) is 0 Å². The Morgan fingerprint density at radius 2 is 1.93 bits per heavy atom. The van der Waals surface area contributed by atoms with Crippen molar-refractivity contribution in [3.05, 3.63) is 0 Å². The van der Waals surface area contributed by atoms with Crippen molar-refractivity contribution in [1.29, 1.82) is 0 Å². The molecule has 3 N–H and O–H groups in total. The molecule has 0 fully saturated rings. The van der Waals surface area contributed by atoms with Gasteiger partial charge in [0, 0.05) is 13.7 Å². The van der Waals surface area contributed by atoms with E-state index in [2.05, 4.69) is 17.1 Å². The number of ether oxygens (including phenoxy) is 1. The Kier molecular flexibility index (Phi) is 11.8. The van der Waals surface area contributed by atoms with E-state index in [4.69, 9.17) is 10.5 Å². The molecule has 92 valence electrons. The van der Waals surface area contributed by atoms with Gasteiger partial charge in [-0.2, -0.15) is 0 Å². The number of likely N-dealkylation sites (N-methyl/N-ethyl adjacent to an activating group) is 1. The van der Waals surface area contributed by atoms with Crippen LogP contribution < -0.4 is 11.1 Å². The number of hydrogen-bond donors (Lipinski definition) is 2. The molecule has 0 saturated heterocycles. The van der Waals surface area contributed by atoms with Crippen LogP contribution in [-0.2, 0) is 4.74 Å². The van der Waals surface area contributed by atoms with E-state index >= 15 is 0 Å². The minimum absolute atomic E-state index is 0.780. The molecule has 0 aliphatic rings. The first kappa shape index (κ1) is 14.8. The summed E-state index contributed by atoms with van der Waals surface area (Å²) in [5.41, 5.74) is 5.41. The molecule has 0 aliphatic heterocycles. The molecule has 4 heteroatoms. The quantitative estimate of drug-likeness (QED) is 0.488. The summed E-state index contributed by atoms with van der Waals surface area (Å²) in [5.74, 6) is 0. The lowest BCUT2D eigenvalue weighted by molar-refractivity contribution is 0.150. The topological polar surface area (TPSA) is 50.5 Å². The van der Waals surface area contributed by atoms with E-state index in [1.807, 2.05) is 0 Å². The second-order valence-electron chi connectivity index (χ2n) is 3.67. The lowest BCUT2D eigenvalue weighted by Crippen LogP contribution is -2.30. The maximum absolute atomic E-state index is 5.41. The molecule has 4 nitrogen and oxygen atoms in total. The zero-order chi connectivity index (χ0) is 11.4. The fourth-order valence-corrected chi connectivity index (χ4v) is 1.43. The van der Waals surface area contributed by atoms with E-state index in [1.165, 1.54) is 6.42 Å². The van der Waals surface area contributed by atoms with Gasteiger partial charge in [0.15, 0.2) is 0 Å². The van der Waals surface area contributed by atoms with Crippen LogP contribution in [0.4, 0.5) is 0 Å². The van der Waals surface area contributed by atoms with Gasteiger partial charge < -0.3 is 20.7 Å². The highest BCUT2D eigenvalue weighted by Crippen LogP contribution is 1.90. The molecule has 0 saturated carbocycles. The SMILES string of the molecule is CCN(CCCNCCCN)CCOC. The molecule has 0 amide bonds. The van der Waals surface area contributed by atoms with E-state index in [9.17, 15) is 0 Å². The molecular weight excluding hydrogens is 190 g/mol. The smallest absolute Gasteiger partial charge is 0.0589 e. The molecule has 0 aromatic rings. The predicted octanol–water partition coefficient (Wildman–Crippen LogP) is 0.283. The predicted molar refractivity (Wildman–Crippen MR) is 65.1 cm³/mol. The average Bonchev–Trinajstić information content (AvgIpc) is 2.27. The monoisotopic (exact) mass is 217 g/mol. The van der Waals surface area contributed by atoms with Crippen molar-refractivity contribution >= 4 is 0 Å². The Morgan fingerprint density at radius 1 is 1.20 bits per heavy atom. The number of nitrogens with one attached hydrogen (secondary N) is 1. The summed E-state index contributed by atoms with van der Waals surface area (Å²) in [7, 11) is 1.75. The molecule has 0 aliphatic carbocycles. The molecule has 0 heterocycles. The van der Waals surface area contributed by atoms with Gasteiger partial charge in [0.25, 0.3) is 0 Å². The Labute approximate surface area is 94.2 Å². The van der Waals surface area contributed by atoms with Gasteiger partial charge in [-0.15, -0.1) is 0 Å². The van der Waals surface area contributed by atoms with Crippen LogP contribution in [0.2, 0.25) is 0 Å². The summed E-state index contributed by atoms with van der Waals surface area (Å²) in [6.45, 7) is 9.22. The molecule has 0 atom stereocenters. The Bertz CT molecular complexity index is 122. The first-order chi connectivity index (χ1) is 7.35. The fourth-order valence-electron chi connectivity index (χ4n) is 1.43. The van der Waals surface area contributed by atoms with Crippen molar-refractivity contribution < 1.29 is 4.74 Å². The average molecular weight is 217 g/mol. The van der Waals surface area contributed by atoms with Crippen LogP contribution in [0.15, 0.2) is 0 Å². The minimum Gasteiger partial charge on any atom is -0.383 e. The van der Waals surface area contributed by atoms with Gasteiger partial charge in [-0.1, -0.05) is 6.92 Å². The van der Waals surface area contributed by atoms with Crippen molar-refractivity contribution in [2.45, 2.75) is 19.8 Å². The summed E-state index contributed by atoms with van der Waals surface area (Å²) in [4.78, 5) is 2.41. The molecule has 0 aromatic carbocycles. The lowest BCUT2D eigenvalue weighted by atomic mass is 10.3. The standard InChI is InChI=1S/C11H27N3O/c1-3-14(10-11-15-2)9-5-8-13-7-4-6-12/h13H,3-12H2,1-2H3. The van der Waals surface area contributed by atoms with E-state index in [0.29, 0.717) is 0 Å². The van der Waals surface area contributed by atoms with Gasteiger partial charge in [0.1, 0.15) is 0 Å². The normalized spacial score (nSPS) is 11.2. The van der Waals surface area contributed by atoms with Gasteiger partial charge in [-0.05, 0) is 45.6 Å². The molecule has 0 radical (unpaired) electrons. The first-order valence-corrected chi connectivity index (χ1v) is 5.97. The van der Waals surface area contributed by atoms with Gasteiger partial charge in [-0.3, -0.25) is 0 Å². The second kappa shape index (κ2) is 11.9. The molecule has 0 bridgehead atoms. The third-order valence-electron chi connectivity index (χ3n) is 2.44. The molecular formula is C11H27N3O. The van der Waals surface area contributed by atoms with Crippen LogP contribution in [0.3, 0.4) is 0 Å². The van der Waals surface area contributed by atoms with Crippen molar-refractivity contribution in [3.63, 3.8) is 0 Å². The van der Waals surface area contributed by atoms with Gasteiger partial charge in [0.2, 0.25) is 0 Å².